The Kier molecular flexibility index (Phi) is 5.93. The number of aromatic nitrogens is 1. The van der Waals surface area contributed by atoms with Crippen molar-refractivity contribution < 1.29 is 23.4 Å². The van der Waals surface area contributed by atoms with Crippen LogP contribution in [-0.4, -0.2) is 63.7 Å². The Morgan fingerprint density at radius 1 is 1.00 bits per heavy atom. The van der Waals surface area contributed by atoms with E-state index in [9.17, 15) is 33.8 Å². The van der Waals surface area contributed by atoms with Gasteiger partial charge < -0.3 is 5.11 Å². The first-order chi connectivity index (χ1) is 15.7. The third-order valence-corrected chi connectivity index (χ3v) is 7.44. The van der Waals surface area contributed by atoms with E-state index in [1.807, 2.05) is 4.90 Å². The van der Waals surface area contributed by atoms with Crippen LogP contribution in [0.25, 0.3) is 10.9 Å². The van der Waals surface area contributed by atoms with Crippen molar-refractivity contribution >= 4 is 32.3 Å². The molecular weight excluding hydrogens is 454 g/mol. The summed E-state index contributed by atoms with van der Waals surface area (Å²) < 4.78 is 27.0. The number of phenols is 1. The molecule has 1 fully saturated rings. The quantitative estimate of drug-likeness (QED) is 0.418. The van der Waals surface area contributed by atoms with Crippen LogP contribution in [0.3, 0.4) is 0 Å². The maximum absolute atomic E-state index is 12.9. The summed E-state index contributed by atoms with van der Waals surface area (Å²) >= 11 is 0. The van der Waals surface area contributed by atoms with Crippen LogP contribution >= 0.6 is 0 Å². The van der Waals surface area contributed by atoms with Gasteiger partial charge in [-0.3, -0.25) is 30.1 Å². The fraction of sp³-hybridized carbons (Fsp3) is 0.250. The van der Waals surface area contributed by atoms with Crippen LogP contribution in [0, 0.1) is 20.2 Å². The maximum atomic E-state index is 12.9. The molecule has 1 aliphatic rings. The fourth-order valence-electron chi connectivity index (χ4n) is 3.79. The molecule has 0 spiro atoms. The number of aromatic hydroxyl groups is 1. The highest BCUT2D eigenvalue weighted by Crippen LogP contribution is 2.35. The van der Waals surface area contributed by atoms with Crippen molar-refractivity contribution in [2.24, 2.45) is 0 Å². The summed E-state index contributed by atoms with van der Waals surface area (Å²) in [5, 5.41) is 33.1. The Labute approximate surface area is 188 Å². The van der Waals surface area contributed by atoms with Crippen molar-refractivity contribution in [3.8, 4) is 5.75 Å². The van der Waals surface area contributed by atoms with Gasteiger partial charge in [0.1, 0.15) is 11.3 Å². The summed E-state index contributed by atoms with van der Waals surface area (Å²) in [6.45, 7) is 1.17. The van der Waals surface area contributed by atoms with E-state index in [0.29, 0.717) is 18.7 Å². The van der Waals surface area contributed by atoms with Gasteiger partial charge in [0, 0.05) is 62.7 Å². The molecule has 4 rings (SSSR count). The van der Waals surface area contributed by atoms with Gasteiger partial charge in [0.05, 0.1) is 20.1 Å². The lowest BCUT2D eigenvalue weighted by Gasteiger charge is -2.34. The molecule has 1 aliphatic heterocycles. The normalized spacial score (nSPS) is 15.5. The van der Waals surface area contributed by atoms with E-state index in [-0.39, 0.29) is 52.6 Å². The molecule has 1 N–H and O–H groups in total. The first-order valence-electron chi connectivity index (χ1n) is 9.89. The van der Waals surface area contributed by atoms with Crippen molar-refractivity contribution in [3.05, 3.63) is 74.5 Å². The van der Waals surface area contributed by atoms with Crippen LogP contribution < -0.4 is 0 Å². The zero-order chi connectivity index (χ0) is 23.8. The number of hydrogen-bond donors (Lipinski definition) is 1. The second-order valence-electron chi connectivity index (χ2n) is 7.49. The average molecular weight is 473 g/mol. The number of hydrogen-bond acceptors (Lipinski definition) is 9. The van der Waals surface area contributed by atoms with E-state index in [4.69, 9.17) is 0 Å². The van der Waals surface area contributed by atoms with Gasteiger partial charge in [0.25, 0.3) is 11.4 Å². The summed E-state index contributed by atoms with van der Waals surface area (Å²) in [5.74, 6) is -0.142. The summed E-state index contributed by atoms with van der Waals surface area (Å²) in [4.78, 5) is 27.1. The summed E-state index contributed by atoms with van der Waals surface area (Å²) in [7, 11) is -3.82. The fourth-order valence-corrected chi connectivity index (χ4v) is 5.22. The molecule has 0 atom stereocenters. The van der Waals surface area contributed by atoms with E-state index >= 15 is 0 Å². The number of pyridine rings is 1. The second kappa shape index (κ2) is 8.69. The second-order valence-corrected chi connectivity index (χ2v) is 9.43. The molecule has 12 nitrogen and oxygen atoms in total. The molecule has 0 aliphatic carbocycles. The number of nitro benzene ring substituents is 2. The van der Waals surface area contributed by atoms with E-state index in [0.717, 1.165) is 12.1 Å². The molecular formula is C20H19N5O7S. The lowest BCUT2D eigenvalue weighted by Crippen LogP contribution is -2.48. The molecule has 0 saturated carbocycles. The molecule has 0 bridgehead atoms. The minimum atomic E-state index is -3.82. The summed E-state index contributed by atoms with van der Waals surface area (Å²) in [6.07, 6.45) is 1.44. The first-order valence-corrected chi connectivity index (χ1v) is 11.3. The van der Waals surface area contributed by atoms with E-state index in [1.54, 1.807) is 6.07 Å². The topological polar surface area (TPSA) is 160 Å². The Balaban J connectivity index is 1.50. The predicted octanol–water partition coefficient (Wildman–Crippen LogP) is 2.26. The molecule has 3 aromatic rings. The number of sulfonamides is 1. The van der Waals surface area contributed by atoms with Crippen LogP contribution in [0.15, 0.2) is 53.6 Å². The molecule has 1 aromatic heterocycles. The van der Waals surface area contributed by atoms with Crippen molar-refractivity contribution in [3.63, 3.8) is 0 Å². The number of non-ortho nitro benzene ring substituents is 2. The van der Waals surface area contributed by atoms with Crippen LogP contribution in [0.2, 0.25) is 0 Å². The van der Waals surface area contributed by atoms with Gasteiger partial charge >= 0.3 is 0 Å². The largest absolute Gasteiger partial charge is 0.505 e. The van der Waals surface area contributed by atoms with Gasteiger partial charge in [-0.25, -0.2) is 8.42 Å². The highest BCUT2D eigenvalue weighted by molar-refractivity contribution is 7.89. The van der Waals surface area contributed by atoms with Gasteiger partial charge in [-0.15, -0.1) is 0 Å². The van der Waals surface area contributed by atoms with Crippen molar-refractivity contribution in [2.75, 3.05) is 26.2 Å². The third kappa shape index (κ3) is 4.33. The monoisotopic (exact) mass is 473 g/mol. The highest BCUT2D eigenvalue weighted by Gasteiger charge is 2.30. The van der Waals surface area contributed by atoms with E-state index in [2.05, 4.69) is 4.98 Å². The lowest BCUT2D eigenvalue weighted by molar-refractivity contribution is -0.384. The molecule has 1 saturated heterocycles. The van der Waals surface area contributed by atoms with Crippen molar-refractivity contribution in [2.45, 2.75) is 11.4 Å². The standard InChI is InChI=1S/C20H19N5O7S/c26-20-14(12-18(25(29)30)17-2-1-7-21-19(17)20)13-22-8-10-23(11-9-22)33(31,32)16-5-3-15(4-6-16)24(27)28/h1-7,12,26H,8-11,13H2. The average Bonchev–Trinajstić information content (AvgIpc) is 2.81. The Bertz CT molecular complexity index is 1340. The molecule has 33 heavy (non-hydrogen) atoms. The molecule has 172 valence electrons. The number of fused-ring (bicyclic) bond motifs is 1. The van der Waals surface area contributed by atoms with E-state index in [1.165, 1.54) is 34.8 Å². The van der Waals surface area contributed by atoms with Gasteiger partial charge in [0.2, 0.25) is 10.0 Å². The van der Waals surface area contributed by atoms with Crippen molar-refractivity contribution in [1.82, 2.24) is 14.2 Å². The molecule has 13 heteroatoms. The lowest BCUT2D eigenvalue weighted by atomic mass is 10.1. The zero-order valence-electron chi connectivity index (χ0n) is 17.2. The summed E-state index contributed by atoms with van der Waals surface area (Å²) in [6, 6.07) is 9.10. The van der Waals surface area contributed by atoms with Gasteiger partial charge in [0.15, 0.2) is 0 Å². The Hall–Kier alpha value is -3.68. The number of rotatable bonds is 6. The number of nitro groups is 2. The number of piperazine rings is 1. The Morgan fingerprint density at radius 2 is 1.67 bits per heavy atom. The third-order valence-electron chi connectivity index (χ3n) is 5.53. The smallest absolute Gasteiger partial charge is 0.279 e. The van der Waals surface area contributed by atoms with Gasteiger partial charge in [-0.1, -0.05) is 0 Å². The number of benzene rings is 2. The molecule has 0 unspecified atom stereocenters. The van der Waals surface area contributed by atoms with Gasteiger partial charge in [-0.2, -0.15) is 4.31 Å². The van der Waals surface area contributed by atoms with Gasteiger partial charge in [-0.05, 0) is 24.3 Å². The minimum Gasteiger partial charge on any atom is -0.505 e. The minimum absolute atomic E-state index is 0.0320. The summed E-state index contributed by atoms with van der Waals surface area (Å²) in [5.41, 5.74) is 0.114. The zero-order valence-corrected chi connectivity index (χ0v) is 18.0. The Morgan fingerprint density at radius 3 is 2.27 bits per heavy atom. The number of nitrogens with zero attached hydrogens (tertiary/aromatic N) is 5. The van der Waals surface area contributed by atoms with Crippen LogP contribution in [0.1, 0.15) is 5.56 Å². The first kappa shape index (κ1) is 22.5. The molecule has 2 heterocycles. The molecule has 2 aromatic carbocycles. The maximum Gasteiger partial charge on any atom is 0.279 e. The highest BCUT2D eigenvalue weighted by atomic mass is 32.2. The SMILES string of the molecule is O=[N+]([O-])c1ccc(S(=O)(=O)N2CCN(Cc3cc([N+](=O)[O-])c4cccnc4c3O)CC2)cc1. The number of phenolic OH excluding ortho intramolecular Hbond substituents is 1. The van der Waals surface area contributed by atoms with Crippen LogP contribution in [0.5, 0.6) is 5.75 Å². The van der Waals surface area contributed by atoms with Crippen molar-refractivity contribution in [1.29, 1.82) is 0 Å². The molecule has 0 amide bonds. The van der Waals surface area contributed by atoms with Crippen LogP contribution in [-0.2, 0) is 16.6 Å². The molecule has 0 radical (unpaired) electrons. The predicted molar refractivity (Wildman–Crippen MR) is 117 cm³/mol. The van der Waals surface area contributed by atoms with Crippen LogP contribution in [0.4, 0.5) is 11.4 Å². The van der Waals surface area contributed by atoms with E-state index < -0.39 is 19.9 Å².